The second kappa shape index (κ2) is 6.49. The molecular weight excluding hydrogens is 292 g/mol. The van der Waals surface area contributed by atoms with Crippen LogP contribution in [0.5, 0.6) is 0 Å². The van der Waals surface area contributed by atoms with Crippen molar-refractivity contribution in [3.8, 4) is 0 Å². The Bertz CT molecular complexity index is 649. The zero-order chi connectivity index (χ0) is 15.4. The van der Waals surface area contributed by atoms with Crippen molar-refractivity contribution in [3.63, 3.8) is 0 Å². The standard InChI is InChI=1S/C14H15ClN4O2/c1-3-9-18(11-7-5-4-6-8-11)14-12(19(20)21)13(15)16-10(2)17-14/h4-8H,3,9H2,1-2H3. The molecule has 0 spiro atoms. The van der Waals surface area contributed by atoms with E-state index in [1.54, 1.807) is 11.8 Å². The van der Waals surface area contributed by atoms with Gasteiger partial charge in [0.05, 0.1) is 4.92 Å². The number of hydrogen-bond donors (Lipinski definition) is 0. The zero-order valence-corrected chi connectivity index (χ0v) is 12.5. The van der Waals surface area contributed by atoms with Crippen molar-refractivity contribution in [2.75, 3.05) is 11.4 Å². The summed E-state index contributed by atoms with van der Waals surface area (Å²) < 4.78 is 0. The third-order valence-electron chi connectivity index (χ3n) is 2.89. The van der Waals surface area contributed by atoms with Crippen LogP contribution in [0.1, 0.15) is 19.2 Å². The van der Waals surface area contributed by atoms with Crippen LogP contribution in [0.3, 0.4) is 0 Å². The molecule has 1 aromatic heterocycles. The molecule has 0 amide bonds. The second-order valence-electron chi connectivity index (χ2n) is 4.48. The van der Waals surface area contributed by atoms with Crippen molar-refractivity contribution in [2.24, 2.45) is 0 Å². The van der Waals surface area contributed by atoms with Gasteiger partial charge in [-0.05, 0) is 25.5 Å². The Morgan fingerprint density at radius 2 is 1.95 bits per heavy atom. The topological polar surface area (TPSA) is 72.2 Å². The largest absolute Gasteiger partial charge is 0.348 e. The minimum Gasteiger partial charge on any atom is -0.321 e. The maximum Gasteiger partial charge on any atom is 0.348 e. The average Bonchev–Trinajstić information content (AvgIpc) is 2.44. The third-order valence-corrected chi connectivity index (χ3v) is 3.15. The van der Waals surface area contributed by atoms with E-state index in [9.17, 15) is 10.1 Å². The maximum absolute atomic E-state index is 11.3. The molecule has 1 heterocycles. The average molecular weight is 307 g/mol. The molecule has 7 heteroatoms. The smallest absolute Gasteiger partial charge is 0.321 e. The van der Waals surface area contributed by atoms with Gasteiger partial charge in [-0.15, -0.1) is 0 Å². The number of nitrogens with zero attached hydrogens (tertiary/aromatic N) is 4. The lowest BCUT2D eigenvalue weighted by atomic mass is 10.2. The van der Waals surface area contributed by atoms with Gasteiger partial charge in [0.1, 0.15) is 5.82 Å². The predicted octanol–water partition coefficient (Wildman–Crippen LogP) is 3.89. The molecule has 0 saturated heterocycles. The quantitative estimate of drug-likeness (QED) is 0.476. The molecule has 21 heavy (non-hydrogen) atoms. The Morgan fingerprint density at radius 3 is 2.52 bits per heavy atom. The number of aryl methyl sites for hydroxylation is 1. The van der Waals surface area contributed by atoms with E-state index in [0.717, 1.165) is 12.1 Å². The molecule has 0 radical (unpaired) electrons. The molecule has 0 aliphatic rings. The minimum atomic E-state index is -0.539. The first-order valence-electron chi connectivity index (χ1n) is 6.55. The van der Waals surface area contributed by atoms with Crippen LogP contribution in [0.2, 0.25) is 5.15 Å². The molecule has 6 nitrogen and oxygen atoms in total. The first kappa shape index (κ1) is 15.2. The van der Waals surface area contributed by atoms with E-state index < -0.39 is 4.92 Å². The highest BCUT2D eigenvalue weighted by atomic mass is 35.5. The molecule has 0 aliphatic heterocycles. The van der Waals surface area contributed by atoms with Crippen LogP contribution in [0.15, 0.2) is 30.3 Å². The van der Waals surface area contributed by atoms with Gasteiger partial charge in [0.25, 0.3) is 0 Å². The van der Waals surface area contributed by atoms with E-state index in [1.165, 1.54) is 0 Å². The lowest BCUT2D eigenvalue weighted by Crippen LogP contribution is -2.21. The minimum absolute atomic E-state index is 0.139. The van der Waals surface area contributed by atoms with Crippen LogP contribution in [-0.4, -0.2) is 21.4 Å². The van der Waals surface area contributed by atoms with Gasteiger partial charge in [-0.2, -0.15) is 0 Å². The number of nitro groups is 1. The lowest BCUT2D eigenvalue weighted by molar-refractivity contribution is -0.384. The summed E-state index contributed by atoms with van der Waals surface area (Å²) in [6.07, 6.45) is 0.812. The summed E-state index contributed by atoms with van der Waals surface area (Å²) in [6, 6.07) is 9.40. The summed E-state index contributed by atoms with van der Waals surface area (Å²) in [7, 11) is 0. The van der Waals surface area contributed by atoms with Gasteiger partial charge in [0.2, 0.25) is 11.0 Å². The van der Waals surface area contributed by atoms with Crippen molar-refractivity contribution < 1.29 is 4.92 Å². The second-order valence-corrected chi connectivity index (χ2v) is 4.84. The number of hydrogen-bond acceptors (Lipinski definition) is 5. The van der Waals surface area contributed by atoms with Crippen LogP contribution in [-0.2, 0) is 0 Å². The molecule has 0 atom stereocenters. The Balaban J connectivity index is 2.63. The van der Waals surface area contributed by atoms with Gasteiger partial charge < -0.3 is 4.90 Å². The summed E-state index contributed by atoms with van der Waals surface area (Å²) in [5.41, 5.74) is 0.566. The van der Waals surface area contributed by atoms with E-state index >= 15 is 0 Å². The first-order valence-corrected chi connectivity index (χ1v) is 6.93. The van der Waals surface area contributed by atoms with Crippen LogP contribution in [0, 0.1) is 17.0 Å². The Kier molecular flexibility index (Phi) is 4.70. The molecule has 0 bridgehead atoms. The van der Waals surface area contributed by atoms with E-state index in [1.807, 2.05) is 37.3 Å². The number of anilines is 2. The van der Waals surface area contributed by atoms with E-state index in [0.29, 0.717) is 12.4 Å². The predicted molar refractivity (Wildman–Crippen MR) is 82.2 cm³/mol. The van der Waals surface area contributed by atoms with Crippen molar-refractivity contribution in [3.05, 3.63) is 51.4 Å². The highest BCUT2D eigenvalue weighted by molar-refractivity contribution is 6.32. The number of aromatic nitrogens is 2. The zero-order valence-electron chi connectivity index (χ0n) is 11.8. The van der Waals surface area contributed by atoms with Crippen molar-refractivity contribution in [1.29, 1.82) is 0 Å². The lowest BCUT2D eigenvalue weighted by Gasteiger charge is -2.23. The van der Waals surface area contributed by atoms with E-state index in [2.05, 4.69) is 9.97 Å². The SMILES string of the molecule is CCCN(c1ccccc1)c1nc(C)nc(Cl)c1[N+](=O)[O-]. The van der Waals surface area contributed by atoms with E-state index in [4.69, 9.17) is 11.6 Å². The summed E-state index contributed by atoms with van der Waals surface area (Å²) in [6.45, 7) is 4.25. The normalized spacial score (nSPS) is 10.4. The van der Waals surface area contributed by atoms with Gasteiger partial charge in [-0.3, -0.25) is 10.1 Å². The number of rotatable bonds is 5. The fourth-order valence-corrected chi connectivity index (χ4v) is 2.33. The number of halogens is 1. The van der Waals surface area contributed by atoms with Gasteiger partial charge in [0, 0.05) is 12.2 Å². The Labute approximate surface area is 127 Å². The molecular formula is C14H15ClN4O2. The Hall–Kier alpha value is -2.21. The molecule has 0 aliphatic carbocycles. The van der Waals surface area contributed by atoms with Gasteiger partial charge in [-0.1, -0.05) is 36.7 Å². The van der Waals surface area contributed by atoms with Gasteiger partial charge >= 0.3 is 5.69 Å². The molecule has 0 N–H and O–H groups in total. The summed E-state index contributed by atoms with van der Waals surface area (Å²) in [5.74, 6) is 0.628. The van der Waals surface area contributed by atoms with Gasteiger partial charge in [0.15, 0.2) is 0 Å². The highest BCUT2D eigenvalue weighted by Crippen LogP contribution is 2.36. The number of benzene rings is 1. The van der Waals surface area contributed by atoms with Crippen LogP contribution < -0.4 is 4.90 Å². The summed E-state index contributed by atoms with van der Waals surface area (Å²) in [4.78, 5) is 20.7. The molecule has 1 aromatic carbocycles. The highest BCUT2D eigenvalue weighted by Gasteiger charge is 2.27. The molecule has 0 fully saturated rings. The molecule has 2 aromatic rings. The monoisotopic (exact) mass is 306 g/mol. The summed E-state index contributed by atoms with van der Waals surface area (Å²) in [5, 5.41) is 11.2. The molecule has 110 valence electrons. The van der Waals surface area contributed by atoms with Crippen molar-refractivity contribution in [1.82, 2.24) is 9.97 Å². The molecule has 0 saturated carbocycles. The van der Waals surface area contributed by atoms with Crippen LogP contribution in [0.4, 0.5) is 17.2 Å². The fourth-order valence-electron chi connectivity index (χ4n) is 2.05. The van der Waals surface area contributed by atoms with Crippen molar-refractivity contribution in [2.45, 2.75) is 20.3 Å². The third kappa shape index (κ3) is 3.28. The van der Waals surface area contributed by atoms with E-state index in [-0.39, 0.29) is 16.7 Å². The van der Waals surface area contributed by atoms with Crippen LogP contribution in [0.25, 0.3) is 0 Å². The Morgan fingerprint density at radius 1 is 1.29 bits per heavy atom. The molecule has 2 rings (SSSR count). The fraction of sp³-hybridized carbons (Fsp3) is 0.286. The molecule has 0 unspecified atom stereocenters. The van der Waals surface area contributed by atoms with Crippen LogP contribution >= 0.6 is 11.6 Å². The van der Waals surface area contributed by atoms with Crippen molar-refractivity contribution >= 4 is 28.8 Å². The number of para-hydroxylation sites is 1. The summed E-state index contributed by atoms with van der Waals surface area (Å²) >= 11 is 5.94. The van der Waals surface area contributed by atoms with Gasteiger partial charge in [-0.25, -0.2) is 9.97 Å². The first-order chi connectivity index (χ1) is 10.0. The maximum atomic E-state index is 11.3.